The highest BCUT2D eigenvalue weighted by Gasteiger charge is 2.32. The van der Waals surface area contributed by atoms with Crippen LogP contribution in [0.15, 0.2) is 0 Å². The molecule has 0 bridgehead atoms. The van der Waals surface area contributed by atoms with Crippen LogP contribution in [0.4, 0.5) is 0 Å². The Balaban J connectivity index is 2.49. The summed E-state index contributed by atoms with van der Waals surface area (Å²) >= 11 is 0. The summed E-state index contributed by atoms with van der Waals surface area (Å²) in [6, 6.07) is 0.625. The molecule has 0 aromatic carbocycles. The normalized spacial score (nSPS) is 31.2. The van der Waals surface area contributed by atoms with E-state index < -0.39 is 0 Å². The molecule has 0 spiro atoms. The van der Waals surface area contributed by atoms with Gasteiger partial charge in [0.25, 0.3) is 0 Å². The molecule has 1 aliphatic heterocycles. The van der Waals surface area contributed by atoms with Gasteiger partial charge in [0.2, 0.25) is 0 Å². The highest BCUT2D eigenvalue weighted by molar-refractivity contribution is 4.86. The second-order valence-electron chi connectivity index (χ2n) is 4.39. The van der Waals surface area contributed by atoms with E-state index >= 15 is 0 Å². The predicted octanol–water partition coefficient (Wildman–Crippen LogP) is 0.705. The van der Waals surface area contributed by atoms with Gasteiger partial charge in [-0.15, -0.1) is 0 Å². The molecule has 1 fully saturated rings. The van der Waals surface area contributed by atoms with E-state index in [0.29, 0.717) is 6.04 Å². The fourth-order valence-electron chi connectivity index (χ4n) is 1.89. The fourth-order valence-corrected chi connectivity index (χ4v) is 1.89. The Hall–Kier alpha value is -0.120. The number of nitrogens with one attached hydrogen (secondary N) is 1. The lowest BCUT2D eigenvalue weighted by atomic mass is 10.0. The molecule has 13 heavy (non-hydrogen) atoms. The van der Waals surface area contributed by atoms with E-state index in [-0.39, 0.29) is 5.60 Å². The van der Waals surface area contributed by atoms with Crippen molar-refractivity contribution in [3.8, 4) is 0 Å². The number of ether oxygens (including phenoxy) is 1. The maximum atomic E-state index is 5.78. The largest absolute Gasteiger partial charge is 0.371 e. The van der Waals surface area contributed by atoms with Crippen LogP contribution in [0.3, 0.4) is 0 Å². The third kappa shape index (κ3) is 2.93. The predicted molar refractivity (Wildman–Crippen MR) is 55.0 cm³/mol. The smallest absolute Gasteiger partial charge is 0.0904 e. The van der Waals surface area contributed by atoms with Gasteiger partial charge in [0, 0.05) is 25.7 Å². The number of nitrogens with zero attached hydrogens (tertiary/aromatic N) is 1. The Labute approximate surface area is 81.4 Å². The van der Waals surface area contributed by atoms with Gasteiger partial charge in [-0.3, -0.25) is 4.90 Å². The standard InChI is InChI=1S/C10H22N2O/c1-9(2)12-5-6-13-10(3,8-12)7-11-4/h9,11H,5-8H2,1-4H3. The van der Waals surface area contributed by atoms with Gasteiger partial charge >= 0.3 is 0 Å². The monoisotopic (exact) mass is 186 g/mol. The van der Waals surface area contributed by atoms with Crippen LogP contribution in [-0.2, 0) is 4.74 Å². The van der Waals surface area contributed by atoms with E-state index in [1.54, 1.807) is 0 Å². The minimum atomic E-state index is -0.00271. The Morgan fingerprint density at radius 1 is 1.54 bits per heavy atom. The summed E-state index contributed by atoms with van der Waals surface area (Å²) in [4.78, 5) is 2.47. The van der Waals surface area contributed by atoms with Crippen LogP contribution in [-0.4, -0.2) is 49.8 Å². The van der Waals surface area contributed by atoms with Gasteiger partial charge < -0.3 is 10.1 Å². The molecule has 78 valence electrons. The lowest BCUT2D eigenvalue weighted by Crippen LogP contribution is -2.56. The van der Waals surface area contributed by atoms with Gasteiger partial charge in [-0.1, -0.05) is 0 Å². The molecule has 1 rings (SSSR count). The number of rotatable bonds is 3. The van der Waals surface area contributed by atoms with E-state index in [9.17, 15) is 0 Å². The summed E-state index contributed by atoms with van der Waals surface area (Å²) in [5, 5.41) is 3.19. The first-order chi connectivity index (χ1) is 6.07. The van der Waals surface area contributed by atoms with Crippen molar-refractivity contribution in [1.82, 2.24) is 10.2 Å². The van der Waals surface area contributed by atoms with Crippen molar-refractivity contribution in [3.63, 3.8) is 0 Å². The zero-order chi connectivity index (χ0) is 9.90. The zero-order valence-electron chi connectivity index (χ0n) is 9.26. The topological polar surface area (TPSA) is 24.5 Å². The number of morpholine rings is 1. The molecule has 1 aliphatic rings. The quantitative estimate of drug-likeness (QED) is 0.702. The molecule has 0 aromatic rings. The highest BCUT2D eigenvalue weighted by atomic mass is 16.5. The van der Waals surface area contributed by atoms with Gasteiger partial charge in [0.1, 0.15) is 0 Å². The third-order valence-corrected chi connectivity index (χ3v) is 2.65. The molecule has 0 aromatic heterocycles. The number of hydrogen-bond acceptors (Lipinski definition) is 3. The molecule has 0 amide bonds. The van der Waals surface area contributed by atoms with Crippen molar-refractivity contribution in [2.24, 2.45) is 0 Å². The van der Waals surface area contributed by atoms with Crippen LogP contribution in [0.25, 0.3) is 0 Å². The van der Waals surface area contributed by atoms with Gasteiger partial charge in [0.05, 0.1) is 12.2 Å². The van der Waals surface area contributed by atoms with Gasteiger partial charge in [0.15, 0.2) is 0 Å². The molecule has 1 unspecified atom stereocenters. The summed E-state index contributed by atoms with van der Waals surface area (Å²) in [5.74, 6) is 0. The molecule has 3 nitrogen and oxygen atoms in total. The van der Waals surface area contributed by atoms with Crippen molar-refractivity contribution < 1.29 is 4.74 Å². The summed E-state index contributed by atoms with van der Waals surface area (Å²) in [5.41, 5.74) is -0.00271. The number of likely N-dealkylation sites (N-methyl/N-ethyl adjacent to an activating group) is 1. The average Bonchev–Trinajstić information content (AvgIpc) is 2.04. The van der Waals surface area contributed by atoms with E-state index in [1.807, 2.05) is 7.05 Å². The van der Waals surface area contributed by atoms with E-state index in [2.05, 4.69) is 31.0 Å². The second kappa shape index (κ2) is 4.40. The SMILES string of the molecule is CNCC1(C)CN(C(C)C)CCO1. The highest BCUT2D eigenvalue weighted by Crippen LogP contribution is 2.18. The molecule has 1 atom stereocenters. The molecule has 1 heterocycles. The first-order valence-corrected chi connectivity index (χ1v) is 5.10. The van der Waals surface area contributed by atoms with Crippen LogP contribution in [0.1, 0.15) is 20.8 Å². The molecule has 3 heteroatoms. The van der Waals surface area contributed by atoms with Crippen LogP contribution in [0.5, 0.6) is 0 Å². The summed E-state index contributed by atoms with van der Waals surface area (Å²) < 4.78 is 5.78. The molecule has 1 N–H and O–H groups in total. The Morgan fingerprint density at radius 3 is 2.77 bits per heavy atom. The molecular formula is C10H22N2O. The fraction of sp³-hybridized carbons (Fsp3) is 1.00. The first kappa shape index (κ1) is 11.0. The Kier molecular flexibility index (Phi) is 3.71. The zero-order valence-corrected chi connectivity index (χ0v) is 9.26. The van der Waals surface area contributed by atoms with Gasteiger partial charge in [-0.2, -0.15) is 0 Å². The maximum absolute atomic E-state index is 5.78. The Morgan fingerprint density at radius 2 is 2.23 bits per heavy atom. The molecule has 0 saturated carbocycles. The van der Waals surface area contributed by atoms with Crippen molar-refractivity contribution in [3.05, 3.63) is 0 Å². The van der Waals surface area contributed by atoms with Crippen LogP contribution in [0.2, 0.25) is 0 Å². The van der Waals surface area contributed by atoms with Crippen LogP contribution < -0.4 is 5.32 Å². The molecule has 0 aliphatic carbocycles. The van der Waals surface area contributed by atoms with Crippen molar-refractivity contribution >= 4 is 0 Å². The summed E-state index contributed by atoms with van der Waals surface area (Å²) in [6.45, 7) is 10.5. The van der Waals surface area contributed by atoms with Crippen LogP contribution >= 0.6 is 0 Å². The van der Waals surface area contributed by atoms with Gasteiger partial charge in [-0.05, 0) is 27.8 Å². The van der Waals surface area contributed by atoms with Gasteiger partial charge in [-0.25, -0.2) is 0 Å². The lowest BCUT2D eigenvalue weighted by molar-refractivity contribution is -0.102. The molecular weight excluding hydrogens is 164 g/mol. The van der Waals surface area contributed by atoms with Crippen molar-refractivity contribution in [1.29, 1.82) is 0 Å². The summed E-state index contributed by atoms with van der Waals surface area (Å²) in [6.07, 6.45) is 0. The molecule has 0 radical (unpaired) electrons. The molecule has 1 saturated heterocycles. The van der Waals surface area contributed by atoms with Crippen molar-refractivity contribution in [2.75, 3.05) is 33.3 Å². The Bertz CT molecular complexity index is 157. The van der Waals surface area contributed by atoms with E-state index in [4.69, 9.17) is 4.74 Å². The van der Waals surface area contributed by atoms with Crippen molar-refractivity contribution in [2.45, 2.75) is 32.4 Å². The number of hydrogen-bond donors (Lipinski definition) is 1. The van der Waals surface area contributed by atoms with E-state index in [1.165, 1.54) is 0 Å². The lowest BCUT2D eigenvalue weighted by Gasteiger charge is -2.42. The minimum Gasteiger partial charge on any atom is -0.371 e. The summed E-state index contributed by atoms with van der Waals surface area (Å²) in [7, 11) is 1.98. The minimum absolute atomic E-state index is 0.00271. The third-order valence-electron chi connectivity index (χ3n) is 2.65. The maximum Gasteiger partial charge on any atom is 0.0904 e. The average molecular weight is 186 g/mol. The first-order valence-electron chi connectivity index (χ1n) is 5.10. The second-order valence-corrected chi connectivity index (χ2v) is 4.39. The van der Waals surface area contributed by atoms with E-state index in [0.717, 1.165) is 26.2 Å². The van der Waals surface area contributed by atoms with Crippen LogP contribution in [0, 0.1) is 0 Å².